The largest absolute Gasteiger partial charge is 0.480 e. The molecule has 1 aromatic heterocycles. The molecule has 1 amide bonds. The molecule has 0 bridgehead atoms. The van der Waals surface area contributed by atoms with Gasteiger partial charge in [-0.1, -0.05) is 0 Å². The lowest BCUT2D eigenvalue weighted by molar-refractivity contribution is -0.140. The number of carbonyl (C=O) groups excluding carboxylic acids is 1. The Morgan fingerprint density at radius 3 is 2.69 bits per heavy atom. The molecule has 0 fully saturated rings. The van der Waals surface area contributed by atoms with Crippen molar-refractivity contribution >= 4 is 17.7 Å². The van der Waals surface area contributed by atoms with Gasteiger partial charge in [0.1, 0.15) is 30.8 Å². The van der Waals surface area contributed by atoms with Gasteiger partial charge in [-0.25, -0.2) is 4.79 Å². The minimum atomic E-state index is -1.36. The molecule has 0 aliphatic rings. The van der Waals surface area contributed by atoms with Crippen LogP contribution in [0.5, 0.6) is 0 Å². The van der Waals surface area contributed by atoms with Crippen LogP contribution in [0.1, 0.15) is 6.42 Å². The number of nitrogens with one attached hydrogen (secondary N) is 1. The molecule has 1 heterocycles. The van der Waals surface area contributed by atoms with E-state index in [0.29, 0.717) is 0 Å². The van der Waals surface area contributed by atoms with E-state index in [9.17, 15) is 24.6 Å². The van der Waals surface area contributed by atoms with Gasteiger partial charge in [0.15, 0.2) is 0 Å². The Balaban J connectivity index is 2.65. The van der Waals surface area contributed by atoms with Crippen LogP contribution < -0.4 is 16.7 Å². The first-order valence-electron chi connectivity index (χ1n) is 7.53. The van der Waals surface area contributed by atoms with Crippen LogP contribution in [0.2, 0.25) is 0 Å². The molecule has 146 valence electrons. The molecular formula is C14H22N4O8. The summed E-state index contributed by atoms with van der Waals surface area (Å²) in [4.78, 5) is 37.7. The molecule has 12 nitrogen and oxygen atoms in total. The summed E-state index contributed by atoms with van der Waals surface area (Å²) >= 11 is 0. The van der Waals surface area contributed by atoms with E-state index in [0.717, 1.165) is 4.57 Å². The number of aliphatic carboxylic acids is 1. The summed E-state index contributed by atoms with van der Waals surface area (Å²) < 4.78 is 11.0. The van der Waals surface area contributed by atoms with Gasteiger partial charge in [0.05, 0.1) is 19.6 Å². The number of ether oxygens (including phenoxy) is 2. The summed E-state index contributed by atoms with van der Waals surface area (Å²) in [5.41, 5.74) is 4.48. The molecule has 0 saturated heterocycles. The van der Waals surface area contributed by atoms with Gasteiger partial charge >= 0.3 is 11.7 Å². The van der Waals surface area contributed by atoms with Gasteiger partial charge in [0.25, 0.3) is 0 Å². The number of aromatic nitrogens is 2. The number of hydrogen-bond donors (Lipinski definition) is 5. The van der Waals surface area contributed by atoms with Crippen molar-refractivity contribution in [1.29, 1.82) is 0 Å². The van der Waals surface area contributed by atoms with E-state index in [1.54, 1.807) is 0 Å². The molecule has 1 aromatic rings. The highest BCUT2D eigenvalue weighted by molar-refractivity contribution is 5.93. The van der Waals surface area contributed by atoms with Crippen molar-refractivity contribution in [2.45, 2.75) is 31.4 Å². The van der Waals surface area contributed by atoms with E-state index >= 15 is 0 Å². The number of hydrogen-bond acceptors (Lipinski definition) is 9. The molecule has 1 rings (SSSR count). The maximum atomic E-state index is 11.9. The fraction of sp³-hybridized carbons (Fsp3) is 0.571. The number of carbonyl (C=O) groups is 2. The Labute approximate surface area is 148 Å². The Morgan fingerprint density at radius 2 is 2.15 bits per heavy atom. The van der Waals surface area contributed by atoms with Crippen LogP contribution in [0.15, 0.2) is 17.1 Å². The summed E-state index contributed by atoms with van der Waals surface area (Å²) in [7, 11) is 1.38. The molecule has 3 atom stereocenters. The van der Waals surface area contributed by atoms with E-state index < -0.39 is 48.8 Å². The molecular weight excluding hydrogens is 352 g/mol. The molecule has 26 heavy (non-hydrogen) atoms. The summed E-state index contributed by atoms with van der Waals surface area (Å²) in [5.74, 6) is -2.11. The van der Waals surface area contributed by atoms with Crippen LogP contribution in [0.25, 0.3) is 0 Å². The fourth-order valence-electron chi connectivity index (χ4n) is 1.82. The number of anilines is 1. The number of aliphatic hydroxyl groups is 2. The maximum absolute atomic E-state index is 11.9. The lowest BCUT2D eigenvalue weighted by Gasteiger charge is -2.21. The third-order valence-corrected chi connectivity index (χ3v) is 3.24. The van der Waals surface area contributed by atoms with Crippen LogP contribution in [-0.4, -0.2) is 75.3 Å². The van der Waals surface area contributed by atoms with E-state index in [2.05, 4.69) is 10.3 Å². The number of nitrogens with two attached hydrogens (primary N) is 1. The number of nitrogens with zero attached hydrogens (tertiary/aromatic N) is 2. The van der Waals surface area contributed by atoms with Crippen LogP contribution in [0.3, 0.4) is 0 Å². The predicted molar refractivity (Wildman–Crippen MR) is 87.2 cm³/mol. The Bertz CT molecular complexity index is 665. The molecule has 12 heteroatoms. The van der Waals surface area contributed by atoms with Crippen molar-refractivity contribution < 1.29 is 34.4 Å². The number of rotatable bonds is 11. The van der Waals surface area contributed by atoms with Gasteiger partial charge in [-0.2, -0.15) is 4.98 Å². The molecule has 0 spiro atoms. The number of aliphatic hydroxyl groups excluding tert-OH is 2. The predicted octanol–water partition coefficient (Wildman–Crippen LogP) is -2.67. The van der Waals surface area contributed by atoms with Crippen molar-refractivity contribution in [3.63, 3.8) is 0 Å². The minimum absolute atomic E-state index is 0.0537. The van der Waals surface area contributed by atoms with Gasteiger partial charge in [-0.15, -0.1) is 0 Å². The molecule has 0 aliphatic carbocycles. The van der Waals surface area contributed by atoms with Gasteiger partial charge in [-0.05, 0) is 6.07 Å². The van der Waals surface area contributed by atoms with E-state index in [4.69, 9.17) is 20.3 Å². The summed E-state index contributed by atoms with van der Waals surface area (Å²) in [6.45, 7) is -0.831. The molecule has 0 aromatic carbocycles. The third-order valence-electron chi connectivity index (χ3n) is 3.24. The maximum Gasteiger partial charge on any atom is 0.351 e. The second kappa shape index (κ2) is 10.6. The second-order valence-corrected chi connectivity index (χ2v) is 5.30. The Hall–Kier alpha value is -2.38. The van der Waals surface area contributed by atoms with Crippen LogP contribution in [0.4, 0.5) is 5.82 Å². The zero-order valence-corrected chi connectivity index (χ0v) is 14.1. The zero-order valence-electron chi connectivity index (χ0n) is 14.1. The van der Waals surface area contributed by atoms with Crippen molar-refractivity contribution in [3.05, 3.63) is 22.7 Å². The Morgan fingerprint density at radius 1 is 1.46 bits per heavy atom. The first-order valence-corrected chi connectivity index (χ1v) is 7.53. The monoisotopic (exact) mass is 374 g/mol. The normalized spacial score (nSPS) is 14.5. The molecule has 2 unspecified atom stereocenters. The van der Waals surface area contributed by atoms with Gasteiger partial charge in [0, 0.05) is 13.3 Å². The van der Waals surface area contributed by atoms with Gasteiger partial charge < -0.3 is 35.8 Å². The smallest absolute Gasteiger partial charge is 0.351 e. The zero-order chi connectivity index (χ0) is 19.7. The van der Waals surface area contributed by atoms with E-state index in [1.165, 1.54) is 19.4 Å². The quantitative estimate of drug-likeness (QED) is 0.273. The molecule has 0 aliphatic heterocycles. The van der Waals surface area contributed by atoms with E-state index in [-0.39, 0.29) is 19.2 Å². The average molecular weight is 374 g/mol. The van der Waals surface area contributed by atoms with E-state index in [1.807, 2.05) is 0 Å². The first-order chi connectivity index (χ1) is 12.3. The second-order valence-electron chi connectivity index (χ2n) is 5.30. The van der Waals surface area contributed by atoms with Crippen molar-refractivity contribution in [2.75, 3.05) is 25.6 Å². The van der Waals surface area contributed by atoms with Crippen LogP contribution in [-0.2, 0) is 25.8 Å². The molecule has 0 radical (unpaired) electrons. The highest BCUT2D eigenvalue weighted by atomic mass is 16.5. The van der Waals surface area contributed by atoms with Gasteiger partial charge in [-0.3, -0.25) is 14.2 Å². The highest BCUT2D eigenvalue weighted by Crippen LogP contribution is 2.03. The van der Waals surface area contributed by atoms with Gasteiger partial charge in [0.2, 0.25) is 5.91 Å². The number of carboxylic acids is 1. The molecule has 6 N–H and O–H groups in total. The Kier molecular flexibility index (Phi) is 8.81. The summed E-state index contributed by atoms with van der Waals surface area (Å²) in [5, 5.41) is 29.8. The summed E-state index contributed by atoms with van der Waals surface area (Å²) in [6, 6.07) is -0.0631. The molecule has 0 saturated carbocycles. The number of amides is 1. The standard InChI is InChI=1S/C14H22N4O8/c1-25-6-9(20)10(5-19)26-7-18-3-2-11(17-14(18)24)16-12(21)4-8(15)13(22)23/h2-3,8-10,19-20H,4-7,15H2,1H3,(H,22,23)(H,16,17,21,24)/t8?,9-,10?/m1/s1. The highest BCUT2D eigenvalue weighted by Gasteiger charge is 2.20. The van der Waals surface area contributed by atoms with Crippen LogP contribution >= 0.6 is 0 Å². The summed E-state index contributed by atoms with van der Waals surface area (Å²) in [6.07, 6.45) is -1.23. The lowest BCUT2D eigenvalue weighted by atomic mass is 10.2. The first kappa shape index (κ1) is 21.7. The SMILES string of the molecule is COC[C@@H](O)C(CO)OCn1ccc(NC(=O)CC(N)C(=O)O)nc1=O. The lowest BCUT2D eigenvalue weighted by Crippen LogP contribution is -2.37. The number of methoxy groups -OCH3 is 1. The van der Waals surface area contributed by atoms with Crippen molar-refractivity contribution in [1.82, 2.24) is 9.55 Å². The van der Waals surface area contributed by atoms with Crippen LogP contribution in [0, 0.1) is 0 Å². The minimum Gasteiger partial charge on any atom is -0.480 e. The fourth-order valence-corrected chi connectivity index (χ4v) is 1.82. The average Bonchev–Trinajstić information content (AvgIpc) is 2.57. The third kappa shape index (κ3) is 6.85. The van der Waals surface area contributed by atoms with Crippen molar-refractivity contribution in [3.8, 4) is 0 Å². The number of carboxylic acid groups (broad SMARTS) is 1. The van der Waals surface area contributed by atoms with Crippen molar-refractivity contribution in [2.24, 2.45) is 5.73 Å². The topological polar surface area (TPSA) is 186 Å².